The van der Waals surface area contributed by atoms with Gasteiger partial charge in [0.25, 0.3) is 11.8 Å². The van der Waals surface area contributed by atoms with Crippen LogP contribution in [0.3, 0.4) is 0 Å². The van der Waals surface area contributed by atoms with E-state index in [4.69, 9.17) is 11.6 Å². The van der Waals surface area contributed by atoms with Gasteiger partial charge in [-0.05, 0) is 91.5 Å². The van der Waals surface area contributed by atoms with Crippen molar-refractivity contribution in [1.82, 2.24) is 15.2 Å². The average molecular weight is 541 g/mol. The Hall–Kier alpha value is -3.64. The van der Waals surface area contributed by atoms with Crippen molar-refractivity contribution in [2.75, 3.05) is 24.5 Å². The van der Waals surface area contributed by atoms with E-state index in [1.165, 1.54) is 11.3 Å². The number of benzene rings is 2. The summed E-state index contributed by atoms with van der Waals surface area (Å²) in [6.45, 7) is 2.50. The number of hydrogen-bond donors (Lipinski definition) is 1. The zero-order chi connectivity index (χ0) is 26.8. The molecule has 2 aliphatic heterocycles. The summed E-state index contributed by atoms with van der Waals surface area (Å²) in [5.74, 6) is -0.104. The summed E-state index contributed by atoms with van der Waals surface area (Å²) in [5, 5.41) is 3.58. The number of allylic oxidation sites excluding steroid dienone is 1. The third kappa shape index (κ3) is 5.30. The number of carbonyl (C=O) groups excluding carboxylic acids is 2. The summed E-state index contributed by atoms with van der Waals surface area (Å²) < 4.78 is 0. The van der Waals surface area contributed by atoms with E-state index in [9.17, 15) is 9.59 Å². The third-order valence-electron chi connectivity index (χ3n) is 8.62. The van der Waals surface area contributed by atoms with Gasteiger partial charge in [0.15, 0.2) is 0 Å². The van der Waals surface area contributed by atoms with Gasteiger partial charge in [-0.2, -0.15) is 0 Å². The fourth-order valence-electron chi connectivity index (χ4n) is 6.29. The lowest BCUT2D eigenvalue weighted by Crippen LogP contribution is -2.35. The van der Waals surface area contributed by atoms with Gasteiger partial charge < -0.3 is 15.1 Å². The summed E-state index contributed by atoms with van der Waals surface area (Å²) in [7, 11) is 0. The molecule has 0 bridgehead atoms. The molecular formula is C32H33ClN4O2. The van der Waals surface area contributed by atoms with Gasteiger partial charge in [-0.1, -0.05) is 35.9 Å². The first-order valence-corrected chi connectivity index (χ1v) is 14.2. The van der Waals surface area contributed by atoms with Crippen LogP contribution in [0, 0.1) is 5.41 Å². The number of anilines is 1. The quantitative estimate of drug-likeness (QED) is 0.428. The van der Waals surface area contributed by atoms with Crippen molar-refractivity contribution in [3.63, 3.8) is 0 Å². The molecule has 39 heavy (non-hydrogen) atoms. The molecule has 1 saturated heterocycles. The van der Waals surface area contributed by atoms with Crippen LogP contribution in [0.1, 0.15) is 70.0 Å². The molecule has 6 rings (SSSR count). The van der Waals surface area contributed by atoms with E-state index in [0.29, 0.717) is 16.1 Å². The Balaban J connectivity index is 1.13. The molecule has 2 amide bonds. The molecule has 3 heterocycles. The zero-order valence-corrected chi connectivity index (χ0v) is 22.7. The molecule has 7 heteroatoms. The number of fused-ring (bicyclic) bond motifs is 1. The summed E-state index contributed by atoms with van der Waals surface area (Å²) in [6, 6.07) is 17.0. The highest BCUT2D eigenvalue weighted by atomic mass is 35.5. The first-order chi connectivity index (χ1) is 19.0. The maximum Gasteiger partial charge on any atom is 0.253 e. The van der Waals surface area contributed by atoms with E-state index < -0.39 is 0 Å². The van der Waals surface area contributed by atoms with Gasteiger partial charge in [0.1, 0.15) is 0 Å². The molecule has 6 nitrogen and oxygen atoms in total. The molecule has 200 valence electrons. The Morgan fingerprint density at radius 3 is 2.59 bits per heavy atom. The molecule has 1 spiro atoms. The zero-order valence-electron chi connectivity index (χ0n) is 22.0. The van der Waals surface area contributed by atoms with Crippen LogP contribution in [-0.4, -0.2) is 41.3 Å². The van der Waals surface area contributed by atoms with E-state index in [0.717, 1.165) is 63.7 Å². The Kier molecular flexibility index (Phi) is 7.13. The number of hydrogen-bond acceptors (Lipinski definition) is 4. The van der Waals surface area contributed by atoms with Gasteiger partial charge >= 0.3 is 0 Å². The van der Waals surface area contributed by atoms with Crippen molar-refractivity contribution in [1.29, 1.82) is 0 Å². The van der Waals surface area contributed by atoms with Gasteiger partial charge in [-0.15, -0.1) is 0 Å². The summed E-state index contributed by atoms with van der Waals surface area (Å²) in [4.78, 5) is 35.0. The molecule has 2 atom stereocenters. The number of amides is 2. The van der Waals surface area contributed by atoms with Crippen LogP contribution in [0.4, 0.5) is 5.69 Å². The number of rotatable bonds is 4. The van der Waals surface area contributed by atoms with E-state index >= 15 is 0 Å². The summed E-state index contributed by atoms with van der Waals surface area (Å²) in [5.41, 5.74) is 4.71. The standard InChI is InChI=1S/C32H33ClN4O2/c33-28-5-2-1-4-26(28)30(38)35-29-9-8-23-6-7-24(22-27(23)29)31(39)37-18-3-12-32(15-21-37)13-19-36(20-14-32)25-10-16-34-17-11-25/h1-2,4-7,10-11,13,16-17,19,22,29H,3,8-9,12,14-15,18,20-21H2,(H,35,38). The maximum absolute atomic E-state index is 13.6. The lowest BCUT2D eigenvalue weighted by atomic mass is 9.76. The fraction of sp³-hybridized carbons (Fsp3) is 0.344. The van der Waals surface area contributed by atoms with Crippen LogP contribution in [-0.2, 0) is 6.42 Å². The Morgan fingerprint density at radius 1 is 0.974 bits per heavy atom. The second-order valence-electron chi connectivity index (χ2n) is 10.9. The molecule has 1 fully saturated rings. The molecule has 1 aliphatic carbocycles. The molecule has 0 radical (unpaired) electrons. The number of carbonyl (C=O) groups is 2. The first-order valence-electron chi connectivity index (χ1n) is 13.8. The topological polar surface area (TPSA) is 65.5 Å². The largest absolute Gasteiger partial charge is 0.348 e. The number of aryl methyl sites for hydroxylation is 1. The molecule has 0 saturated carbocycles. The van der Waals surface area contributed by atoms with Gasteiger partial charge in [-0.3, -0.25) is 14.6 Å². The Labute approximate surface area is 234 Å². The van der Waals surface area contributed by atoms with Gasteiger partial charge in [0.05, 0.1) is 16.6 Å². The molecule has 3 aliphatic rings. The van der Waals surface area contributed by atoms with Crippen molar-refractivity contribution < 1.29 is 9.59 Å². The molecule has 3 aromatic rings. The van der Waals surface area contributed by atoms with Crippen molar-refractivity contribution >= 4 is 29.1 Å². The second-order valence-corrected chi connectivity index (χ2v) is 11.3. The predicted molar refractivity (Wildman–Crippen MR) is 154 cm³/mol. The molecule has 1 N–H and O–H groups in total. The summed E-state index contributed by atoms with van der Waals surface area (Å²) >= 11 is 6.24. The minimum absolute atomic E-state index is 0.0798. The van der Waals surface area contributed by atoms with Crippen LogP contribution in [0.5, 0.6) is 0 Å². The minimum atomic E-state index is -0.184. The fourth-order valence-corrected chi connectivity index (χ4v) is 6.51. The number of pyridine rings is 1. The number of aromatic nitrogens is 1. The van der Waals surface area contributed by atoms with Crippen molar-refractivity contribution in [2.45, 2.75) is 44.6 Å². The lowest BCUT2D eigenvalue weighted by molar-refractivity contribution is 0.0757. The molecule has 2 aromatic carbocycles. The van der Waals surface area contributed by atoms with E-state index in [1.54, 1.807) is 12.1 Å². The highest BCUT2D eigenvalue weighted by Gasteiger charge is 2.34. The van der Waals surface area contributed by atoms with Gasteiger partial charge in [0, 0.05) is 49.5 Å². The van der Waals surface area contributed by atoms with Gasteiger partial charge in [-0.25, -0.2) is 0 Å². The first kappa shape index (κ1) is 25.6. The Morgan fingerprint density at radius 2 is 1.79 bits per heavy atom. The number of likely N-dealkylation sites (tertiary alicyclic amines) is 1. The lowest BCUT2D eigenvalue weighted by Gasteiger charge is -2.37. The summed E-state index contributed by atoms with van der Waals surface area (Å²) in [6.07, 6.45) is 14.1. The van der Waals surface area contributed by atoms with Gasteiger partial charge in [0.2, 0.25) is 0 Å². The van der Waals surface area contributed by atoms with Crippen LogP contribution in [0.2, 0.25) is 5.02 Å². The van der Waals surface area contributed by atoms with Crippen molar-refractivity contribution in [3.8, 4) is 0 Å². The van der Waals surface area contributed by atoms with Crippen molar-refractivity contribution in [2.24, 2.45) is 5.41 Å². The van der Waals surface area contributed by atoms with Crippen LogP contribution in [0.15, 0.2) is 79.3 Å². The van der Waals surface area contributed by atoms with E-state index in [-0.39, 0.29) is 23.3 Å². The molecular weight excluding hydrogens is 508 g/mol. The number of halogens is 1. The molecule has 2 unspecified atom stereocenters. The SMILES string of the molecule is O=C(NC1CCc2ccc(C(=O)N3CCCC4(C=CN(c5ccncc5)CC4)CC3)cc21)c1ccccc1Cl. The van der Waals surface area contributed by atoms with E-state index in [2.05, 4.69) is 33.5 Å². The number of nitrogens with one attached hydrogen (secondary N) is 1. The smallest absolute Gasteiger partial charge is 0.253 e. The number of nitrogens with zero attached hydrogens (tertiary/aromatic N) is 3. The second kappa shape index (κ2) is 10.9. The monoisotopic (exact) mass is 540 g/mol. The minimum Gasteiger partial charge on any atom is -0.348 e. The highest BCUT2D eigenvalue weighted by Crippen LogP contribution is 2.40. The average Bonchev–Trinajstić information content (AvgIpc) is 3.25. The van der Waals surface area contributed by atoms with Crippen LogP contribution < -0.4 is 10.2 Å². The molecule has 1 aromatic heterocycles. The van der Waals surface area contributed by atoms with Crippen LogP contribution in [0.25, 0.3) is 0 Å². The van der Waals surface area contributed by atoms with Crippen LogP contribution >= 0.6 is 11.6 Å². The third-order valence-corrected chi connectivity index (χ3v) is 8.95. The van der Waals surface area contributed by atoms with Crippen molar-refractivity contribution in [3.05, 3.63) is 107 Å². The maximum atomic E-state index is 13.6. The normalized spacial score (nSPS) is 22.4. The highest BCUT2D eigenvalue weighted by molar-refractivity contribution is 6.33. The Bertz CT molecular complexity index is 1410. The van der Waals surface area contributed by atoms with E-state index in [1.807, 2.05) is 53.7 Å². The predicted octanol–water partition coefficient (Wildman–Crippen LogP) is 6.19.